The summed E-state index contributed by atoms with van der Waals surface area (Å²) in [5.41, 5.74) is 0. The Morgan fingerprint density at radius 2 is 2.64 bits per heavy atom. The number of nitrogens with zero attached hydrogens (tertiary/aromatic N) is 2. The van der Waals surface area contributed by atoms with Gasteiger partial charge in [-0.15, -0.1) is 5.10 Å². The first kappa shape index (κ1) is 8.00. The van der Waals surface area contributed by atoms with E-state index in [2.05, 4.69) is 15.5 Å². The van der Waals surface area contributed by atoms with E-state index >= 15 is 0 Å². The lowest BCUT2D eigenvalue weighted by Gasteiger charge is -2.10. The molecule has 0 aliphatic carbocycles. The Morgan fingerprint density at radius 1 is 1.82 bits per heavy atom. The molecule has 2 N–H and O–H groups in total. The average molecular weight is 157 g/mol. The molecule has 0 bridgehead atoms. The lowest BCUT2D eigenvalue weighted by Crippen LogP contribution is -2.22. The second kappa shape index (κ2) is 3.92. The fraction of sp³-hybridized carbons (Fsp3) is 0.667. The molecule has 5 nitrogen and oxygen atoms in total. The van der Waals surface area contributed by atoms with E-state index in [1.807, 2.05) is 6.92 Å². The van der Waals surface area contributed by atoms with Crippen LogP contribution in [0, 0.1) is 0 Å². The van der Waals surface area contributed by atoms with E-state index in [0.29, 0.717) is 6.01 Å². The van der Waals surface area contributed by atoms with E-state index in [1.54, 1.807) is 0 Å². The Labute approximate surface area is 64.4 Å². The van der Waals surface area contributed by atoms with Crippen molar-refractivity contribution in [3.63, 3.8) is 0 Å². The fourth-order valence-corrected chi connectivity index (χ4v) is 0.687. The molecular formula is C6H11N3O2. The first-order valence-corrected chi connectivity index (χ1v) is 3.50. The van der Waals surface area contributed by atoms with E-state index in [0.717, 1.165) is 6.42 Å². The van der Waals surface area contributed by atoms with Crippen molar-refractivity contribution in [3.05, 3.63) is 6.39 Å². The van der Waals surface area contributed by atoms with Crippen LogP contribution in [0.15, 0.2) is 10.8 Å². The zero-order valence-electron chi connectivity index (χ0n) is 6.32. The predicted octanol–water partition coefficient (Wildman–Crippen LogP) is 0.252. The highest BCUT2D eigenvalue weighted by molar-refractivity contribution is 5.17. The SMILES string of the molecule is CCC(CO)Nc1nnco1. The van der Waals surface area contributed by atoms with Crippen LogP contribution in [0.25, 0.3) is 0 Å². The van der Waals surface area contributed by atoms with Crippen LogP contribution < -0.4 is 5.32 Å². The molecule has 1 unspecified atom stereocenters. The van der Waals surface area contributed by atoms with Crippen LogP contribution in [0.1, 0.15) is 13.3 Å². The van der Waals surface area contributed by atoms with Crippen LogP contribution in [0.5, 0.6) is 0 Å². The standard InChI is InChI=1S/C6H11N3O2/c1-2-5(3-10)8-6-9-7-4-11-6/h4-5,10H,2-3H2,1H3,(H,8,9). The smallest absolute Gasteiger partial charge is 0.315 e. The first-order chi connectivity index (χ1) is 5.36. The minimum absolute atomic E-state index is 0.00421. The average Bonchev–Trinajstić information content (AvgIpc) is 2.52. The van der Waals surface area contributed by atoms with Gasteiger partial charge in [-0.05, 0) is 6.42 Å². The minimum atomic E-state index is -0.00421. The largest absolute Gasteiger partial charge is 0.411 e. The fourth-order valence-electron chi connectivity index (χ4n) is 0.687. The van der Waals surface area contributed by atoms with Crippen molar-refractivity contribution in [3.8, 4) is 0 Å². The summed E-state index contributed by atoms with van der Waals surface area (Å²) >= 11 is 0. The molecule has 0 fully saturated rings. The van der Waals surface area contributed by atoms with Crippen LogP contribution >= 0.6 is 0 Å². The Kier molecular flexibility index (Phi) is 2.85. The van der Waals surface area contributed by atoms with Crippen molar-refractivity contribution >= 4 is 6.01 Å². The Balaban J connectivity index is 2.41. The van der Waals surface area contributed by atoms with E-state index in [1.165, 1.54) is 6.39 Å². The van der Waals surface area contributed by atoms with E-state index < -0.39 is 0 Å². The van der Waals surface area contributed by atoms with Crippen molar-refractivity contribution in [1.29, 1.82) is 0 Å². The van der Waals surface area contributed by atoms with Crippen LogP contribution in [-0.4, -0.2) is 28.0 Å². The maximum Gasteiger partial charge on any atom is 0.315 e. The minimum Gasteiger partial charge on any atom is -0.411 e. The topological polar surface area (TPSA) is 71.2 Å². The quantitative estimate of drug-likeness (QED) is 0.655. The van der Waals surface area contributed by atoms with Gasteiger partial charge >= 0.3 is 6.01 Å². The van der Waals surface area contributed by atoms with Crippen LogP contribution in [-0.2, 0) is 0 Å². The molecule has 0 aliphatic rings. The summed E-state index contributed by atoms with van der Waals surface area (Å²) in [6.45, 7) is 2.03. The molecule has 0 spiro atoms. The summed E-state index contributed by atoms with van der Waals surface area (Å²) < 4.78 is 4.82. The van der Waals surface area contributed by atoms with Gasteiger partial charge in [0, 0.05) is 0 Å². The highest BCUT2D eigenvalue weighted by Gasteiger charge is 2.06. The summed E-state index contributed by atoms with van der Waals surface area (Å²) in [7, 11) is 0. The zero-order chi connectivity index (χ0) is 8.10. The lowest BCUT2D eigenvalue weighted by molar-refractivity contribution is 0.269. The monoisotopic (exact) mass is 157 g/mol. The number of aliphatic hydroxyl groups is 1. The molecule has 1 aromatic heterocycles. The number of aliphatic hydroxyl groups excluding tert-OH is 1. The van der Waals surface area contributed by atoms with Crippen molar-refractivity contribution < 1.29 is 9.52 Å². The number of hydrogen-bond donors (Lipinski definition) is 2. The third-order valence-electron chi connectivity index (χ3n) is 1.40. The predicted molar refractivity (Wildman–Crippen MR) is 39.1 cm³/mol. The number of rotatable bonds is 4. The second-order valence-corrected chi connectivity index (χ2v) is 2.18. The summed E-state index contributed by atoms with van der Waals surface area (Å²) in [6.07, 6.45) is 2.06. The molecule has 1 heterocycles. The summed E-state index contributed by atoms with van der Waals surface area (Å²) in [6, 6.07) is 0.348. The van der Waals surface area contributed by atoms with Crippen molar-refractivity contribution in [2.24, 2.45) is 0 Å². The molecule has 1 atom stereocenters. The van der Waals surface area contributed by atoms with Gasteiger partial charge < -0.3 is 14.8 Å². The van der Waals surface area contributed by atoms with Gasteiger partial charge in [-0.2, -0.15) is 0 Å². The Hall–Kier alpha value is -1.10. The van der Waals surface area contributed by atoms with Crippen LogP contribution in [0.2, 0.25) is 0 Å². The molecule has 0 aliphatic heterocycles. The normalized spacial score (nSPS) is 12.9. The molecule has 11 heavy (non-hydrogen) atoms. The molecule has 62 valence electrons. The van der Waals surface area contributed by atoms with E-state index in [4.69, 9.17) is 9.52 Å². The van der Waals surface area contributed by atoms with Gasteiger partial charge in [-0.25, -0.2) is 0 Å². The van der Waals surface area contributed by atoms with Gasteiger partial charge in [0.25, 0.3) is 0 Å². The molecule has 0 amide bonds. The Morgan fingerprint density at radius 3 is 3.09 bits per heavy atom. The van der Waals surface area contributed by atoms with Crippen molar-refractivity contribution in [2.75, 3.05) is 11.9 Å². The highest BCUT2D eigenvalue weighted by atomic mass is 16.4. The summed E-state index contributed by atoms with van der Waals surface area (Å²) in [5, 5.41) is 18.7. The third kappa shape index (κ3) is 2.19. The molecule has 0 saturated heterocycles. The van der Waals surface area contributed by atoms with Crippen LogP contribution in [0.4, 0.5) is 6.01 Å². The van der Waals surface area contributed by atoms with Gasteiger partial charge in [0.2, 0.25) is 6.39 Å². The van der Waals surface area contributed by atoms with Gasteiger partial charge in [-0.3, -0.25) is 0 Å². The molecule has 0 saturated carbocycles. The molecule has 1 aromatic rings. The molecular weight excluding hydrogens is 146 g/mol. The van der Waals surface area contributed by atoms with Crippen LogP contribution in [0.3, 0.4) is 0 Å². The van der Waals surface area contributed by atoms with E-state index in [9.17, 15) is 0 Å². The Bertz CT molecular complexity index is 184. The maximum atomic E-state index is 8.77. The van der Waals surface area contributed by atoms with Gasteiger partial charge in [0.05, 0.1) is 12.6 Å². The number of nitrogens with one attached hydrogen (secondary N) is 1. The summed E-state index contributed by atoms with van der Waals surface area (Å²) in [4.78, 5) is 0. The zero-order valence-corrected chi connectivity index (χ0v) is 6.32. The summed E-state index contributed by atoms with van der Waals surface area (Å²) in [5.74, 6) is 0. The number of hydrogen-bond acceptors (Lipinski definition) is 5. The molecule has 1 rings (SSSR count). The van der Waals surface area contributed by atoms with Gasteiger partial charge in [0.15, 0.2) is 0 Å². The molecule has 5 heteroatoms. The first-order valence-electron chi connectivity index (χ1n) is 3.50. The van der Waals surface area contributed by atoms with Crippen molar-refractivity contribution in [2.45, 2.75) is 19.4 Å². The highest BCUT2D eigenvalue weighted by Crippen LogP contribution is 2.03. The number of aromatic nitrogens is 2. The molecule has 0 radical (unpaired) electrons. The maximum absolute atomic E-state index is 8.77. The molecule has 0 aromatic carbocycles. The van der Waals surface area contributed by atoms with Crippen molar-refractivity contribution in [1.82, 2.24) is 10.2 Å². The van der Waals surface area contributed by atoms with Gasteiger partial charge in [0.1, 0.15) is 0 Å². The van der Waals surface area contributed by atoms with E-state index in [-0.39, 0.29) is 12.6 Å². The number of anilines is 1. The third-order valence-corrected chi connectivity index (χ3v) is 1.40. The second-order valence-electron chi connectivity index (χ2n) is 2.18. The van der Waals surface area contributed by atoms with Gasteiger partial charge in [-0.1, -0.05) is 12.0 Å². The lowest BCUT2D eigenvalue weighted by atomic mass is 10.2.